The van der Waals surface area contributed by atoms with Crippen molar-refractivity contribution in [2.75, 3.05) is 11.9 Å². The Morgan fingerprint density at radius 3 is 2.80 bits per heavy atom. The second-order valence-electron chi connectivity index (χ2n) is 3.85. The molecule has 0 fully saturated rings. The average molecular weight is 278 g/mol. The Balaban J connectivity index is 3.06. The van der Waals surface area contributed by atoms with Crippen molar-refractivity contribution < 1.29 is 19.6 Å². The second kappa shape index (κ2) is 6.99. The van der Waals surface area contributed by atoms with Crippen LogP contribution in [0, 0.1) is 22.5 Å². The number of nitrogens with zero attached hydrogens (tertiary/aromatic N) is 1. The molecule has 0 aliphatic carbocycles. The molecule has 7 heteroatoms. The molecule has 0 saturated heterocycles. The van der Waals surface area contributed by atoms with Gasteiger partial charge in [0.25, 0.3) is 5.69 Å². The van der Waals surface area contributed by atoms with Crippen LogP contribution in [-0.2, 0) is 4.79 Å². The zero-order valence-corrected chi connectivity index (χ0v) is 10.8. The third-order valence-electron chi connectivity index (χ3n) is 2.37. The number of aliphatic carboxylic acids is 1. The minimum absolute atomic E-state index is 0.0397. The van der Waals surface area contributed by atoms with Crippen LogP contribution in [0.2, 0.25) is 0 Å². The molecule has 0 aliphatic heterocycles. The van der Waals surface area contributed by atoms with Crippen molar-refractivity contribution in [2.45, 2.75) is 19.4 Å². The van der Waals surface area contributed by atoms with E-state index in [9.17, 15) is 14.9 Å². The zero-order valence-electron chi connectivity index (χ0n) is 10.8. The van der Waals surface area contributed by atoms with Crippen LogP contribution in [-0.4, -0.2) is 28.6 Å². The highest BCUT2D eigenvalue weighted by molar-refractivity contribution is 5.78. The summed E-state index contributed by atoms with van der Waals surface area (Å²) < 4.78 is 5.21. The van der Waals surface area contributed by atoms with E-state index in [1.54, 1.807) is 6.92 Å². The predicted octanol–water partition coefficient (Wildman–Crippen LogP) is 1.88. The molecule has 0 saturated carbocycles. The first-order valence-electron chi connectivity index (χ1n) is 5.83. The van der Waals surface area contributed by atoms with Crippen LogP contribution < -0.4 is 10.1 Å². The first-order valence-corrected chi connectivity index (χ1v) is 5.83. The number of benzene rings is 1. The molecule has 7 nitrogen and oxygen atoms in total. The maximum Gasteiger partial charge on any atom is 0.327 e. The largest absolute Gasteiger partial charge is 0.494 e. The van der Waals surface area contributed by atoms with Gasteiger partial charge in [-0.15, -0.1) is 12.3 Å². The SMILES string of the molecule is C#CCC(Nc1cc(OCC)cc([N+](=O)[O-])c1)C(=O)O. The molecule has 1 unspecified atom stereocenters. The lowest BCUT2D eigenvalue weighted by Gasteiger charge is -2.14. The highest BCUT2D eigenvalue weighted by atomic mass is 16.6. The molecule has 0 amide bonds. The van der Waals surface area contributed by atoms with Crippen LogP contribution >= 0.6 is 0 Å². The summed E-state index contributed by atoms with van der Waals surface area (Å²) in [5.41, 5.74) is 0.0774. The lowest BCUT2D eigenvalue weighted by molar-refractivity contribution is -0.384. The van der Waals surface area contributed by atoms with Gasteiger partial charge in [0.15, 0.2) is 0 Å². The number of anilines is 1. The second-order valence-corrected chi connectivity index (χ2v) is 3.85. The molecule has 0 aliphatic rings. The molecule has 0 aromatic heterocycles. The van der Waals surface area contributed by atoms with E-state index < -0.39 is 16.9 Å². The van der Waals surface area contributed by atoms with Crippen LogP contribution in [0.25, 0.3) is 0 Å². The summed E-state index contributed by atoms with van der Waals surface area (Å²) in [4.78, 5) is 21.2. The lowest BCUT2D eigenvalue weighted by Crippen LogP contribution is -2.28. The van der Waals surface area contributed by atoms with Crippen molar-refractivity contribution in [3.8, 4) is 18.1 Å². The summed E-state index contributed by atoms with van der Waals surface area (Å²) in [7, 11) is 0. The van der Waals surface area contributed by atoms with Gasteiger partial charge >= 0.3 is 5.97 Å². The number of carboxylic acids is 1. The van der Waals surface area contributed by atoms with Gasteiger partial charge in [0.1, 0.15) is 11.8 Å². The standard InChI is InChI=1S/C13H14N2O5/c1-3-5-12(13(16)17)14-9-6-10(15(18)19)8-11(7-9)20-4-2/h1,6-8,12,14H,4-5H2,2H3,(H,16,17). The molecule has 0 heterocycles. The summed E-state index contributed by atoms with van der Waals surface area (Å²) in [5, 5.41) is 22.5. The lowest BCUT2D eigenvalue weighted by atomic mass is 10.2. The topological polar surface area (TPSA) is 102 Å². The van der Waals surface area contributed by atoms with E-state index >= 15 is 0 Å². The van der Waals surface area contributed by atoms with E-state index in [0.29, 0.717) is 6.61 Å². The van der Waals surface area contributed by atoms with Crippen molar-refractivity contribution in [3.63, 3.8) is 0 Å². The van der Waals surface area contributed by atoms with E-state index in [1.807, 2.05) is 0 Å². The van der Waals surface area contributed by atoms with E-state index in [2.05, 4.69) is 11.2 Å². The number of ether oxygens (including phenoxy) is 1. The van der Waals surface area contributed by atoms with Crippen molar-refractivity contribution in [3.05, 3.63) is 28.3 Å². The van der Waals surface area contributed by atoms with Gasteiger partial charge in [0.2, 0.25) is 0 Å². The van der Waals surface area contributed by atoms with Gasteiger partial charge in [0.05, 0.1) is 17.6 Å². The fourth-order valence-corrected chi connectivity index (χ4v) is 1.54. The molecule has 2 N–H and O–H groups in total. The Hall–Kier alpha value is -2.75. The molecule has 1 aromatic rings. The van der Waals surface area contributed by atoms with Crippen molar-refractivity contribution in [2.24, 2.45) is 0 Å². The number of non-ortho nitro benzene ring substituents is 1. The Bertz CT molecular complexity index is 550. The average Bonchev–Trinajstić information content (AvgIpc) is 2.38. The summed E-state index contributed by atoms with van der Waals surface area (Å²) >= 11 is 0. The summed E-state index contributed by atoms with van der Waals surface area (Å²) in [6, 6.07) is 2.97. The fraction of sp³-hybridized carbons (Fsp3) is 0.308. The van der Waals surface area contributed by atoms with E-state index in [4.69, 9.17) is 16.3 Å². The molecule has 1 atom stereocenters. The number of hydrogen-bond donors (Lipinski definition) is 2. The Kier molecular flexibility index (Phi) is 5.35. The third kappa shape index (κ3) is 4.17. The number of nitrogens with one attached hydrogen (secondary N) is 1. The molecule has 1 aromatic carbocycles. The highest BCUT2D eigenvalue weighted by Gasteiger charge is 2.18. The number of carboxylic acid groups (broad SMARTS) is 1. The smallest absolute Gasteiger partial charge is 0.327 e. The van der Waals surface area contributed by atoms with E-state index in [-0.39, 0.29) is 23.5 Å². The molecule has 0 bridgehead atoms. The number of carbonyl (C=O) groups is 1. The molecular weight excluding hydrogens is 264 g/mol. The van der Waals surface area contributed by atoms with Crippen molar-refractivity contribution in [1.82, 2.24) is 0 Å². The van der Waals surface area contributed by atoms with Gasteiger partial charge < -0.3 is 15.2 Å². The monoisotopic (exact) mass is 278 g/mol. The van der Waals surface area contributed by atoms with Gasteiger partial charge in [-0.1, -0.05) is 0 Å². The molecule has 1 rings (SSSR count). The number of nitro benzene ring substituents is 1. The molecule has 106 valence electrons. The van der Waals surface area contributed by atoms with Gasteiger partial charge in [0, 0.05) is 24.2 Å². The van der Waals surface area contributed by atoms with Crippen LogP contribution in [0.3, 0.4) is 0 Å². The maximum atomic E-state index is 11.0. The third-order valence-corrected chi connectivity index (χ3v) is 2.37. The van der Waals surface area contributed by atoms with Crippen LogP contribution in [0.15, 0.2) is 18.2 Å². The number of nitro groups is 1. The molecule has 20 heavy (non-hydrogen) atoms. The minimum Gasteiger partial charge on any atom is -0.494 e. The first-order chi connectivity index (χ1) is 9.47. The van der Waals surface area contributed by atoms with E-state index in [1.165, 1.54) is 18.2 Å². The summed E-state index contributed by atoms with van der Waals surface area (Å²) in [6.07, 6.45) is 5.05. The molecule has 0 radical (unpaired) electrons. The van der Waals surface area contributed by atoms with Gasteiger partial charge in [-0.25, -0.2) is 4.79 Å². The zero-order chi connectivity index (χ0) is 15.1. The Labute approximate surface area is 115 Å². The van der Waals surface area contributed by atoms with Gasteiger partial charge in [-0.2, -0.15) is 0 Å². The fourth-order valence-electron chi connectivity index (χ4n) is 1.54. The normalized spacial score (nSPS) is 11.2. The predicted molar refractivity (Wildman–Crippen MR) is 72.8 cm³/mol. The Morgan fingerprint density at radius 2 is 2.30 bits per heavy atom. The number of rotatable bonds is 7. The molecule has 0 spiro atoms. The van der Waals surface area contributed by atoms with Crippen molar-refractivity contribution >= 4 is 17.3 Å². The van der Waals surface area contributed by atoms with Gasteiger partial charge in [-0.3, -0.25) is 10.1 Å². The van der Waals surface area contributed by atoms with E-state index in [0.717, 1.165) is 0 Å². The first kappa shape index (κ1) is 15.3. The number of hydrogen-bond acceptors (Lipinski definition) is 5. The van der Waals surface area contributed by atoms with Crippen molar-refractivity contribution in [1.29, 1.82) is 0 Å². The molecular formula is C13H14N2O5. The maximum absolute atomic E-state index is 11.0. The van der Waals surface area contributed by atoms with Crippen LogP contribution in [0.5, 0.6) is 5.75 Å². The number of terminal acetylenes is 1. The summed E-state index contributed by atoms with van der Waals surface area (Å²) in [5.74, 6) is 1.39. The van der Waals surface area contributed by atoms with Crippen LogP contribution in [0.1, 0.15) is 13.3 Å². The quantitative estimate of drug-likeness (QED) is 0.448. The highest BCUT2D eigenvalue weighted by Crippen LogP contribution is 2.26. The van der Waals surface area contributed by atoms with Gasteiger partial charge in [-0.05, 0) is 6.92 Å². The Morgan fingerprint density at radius 1 is 1.60 bits per heavy atom. The minimum atomic E-state index is -1.13. The summed E-state index contributed by atoms with van der Waals surface area (Å²) in [6.45, 7) is 2.08. The van der Waals surface area contributed by atoms with Crippen LogP contribution in [0.4, 0.5) is 11.4 Å².